The van der Waals surface area contributed by atoms with Gasteiger partial charge in [-0.15, -0.1) is 6.58 Å². The van der Waals surface area contributed by atoms with Crippen LogP contribution in [0.1, 0.15) is 53.0 Å². The van der Waals surface area contributed by atoms with Crippen LogP contribution in [0.15, 0.2) is 49.4 Å². The van der Waals surface area contributed by atoms with Gasteiger partial charge in [-0.2, -0.15) is 0 Å². The Hall–Kier alpha value is -2.36. The lowest BCUT2D eigenvalue weighted by atomic mass is 9.54. The van der Waals surface area contributed by atoms with Crippen molar-refractivity contribution >= 4 is 17.2 Å². The SMILES string of the molecule is C=CC1(CC)c2ccccc2N2c3cncnc3N(C(C)C)C2C1(C)CC. The summed E-state index contributed by atoms with van der Waals surface area (Å²) >= 11 is 0. The van der Waals surface area contributed by atoms with E-state index in [1.165, 1.54) is 11.3 Å². The van der Waals surface area contributed by atoms with Gasteiger partial charge in [-0.3, -0.25) is 0 Å². The summed E-state index contributed by atoms with van der Waals surface area (Å²) in [6, 6.07) is 9.15. The van der Waals surface area contributed by atoms with Crippen LogP contribution in [0.3, 0.4) is 0 Å². The molecule has 0 amide bonds. The fraction of sp³-hybridized carbons (Fsp3) is 0.478. The van der Waals surface area contributed by atoms with Crippen LogP contribution in [0.4, 0.5) is 17.2 Å². The molecule has 142 valence electrons. The molecule has 0 radical (unpaired) electrons. The fourth-order valence-electron chi connectivity index (χ4n) is 5.62. The number of aromatic nitrogens is 2. The summed E-state index contributed by atoms with van der Waals surface area (Å²) in [5.41, 5.74) is 3.61. The predicted octanol–water partition coefficient (Wildman–Crippen LogP) is 5.43. The van der Waals surface area contributed by atoms with Crippen LogP contribution in [0.5, 0.6) is 0 Å². The molecular formula is C23H30N4. The van der Waals surface area contributed by atoms with Crippen LogP contribution in [0, 0.1) is 5.41 Å². The average Bonchev–Trinajstić information content (AvgIpc) is 3.05. The fourth-order valence-corrected chi connectivity index (χ4v) is 5.62. The summed E-state index contributed by atoms with van der Waals surface area (Å²) < 4.78 is 0. The van der Waals surface area contributed by atoms with Gasteiger partial charge >= 0.3 is 0 Å². The molecule has 1 aromatic carbocycles. The second-order valence-electron chi connectivity index (χ2n) is 8.29. The Balaban J connectivity index is 2.11. The monoisotopic (exact) mass is 362 g/mol. The van der Waals surface area contributed by atoms with E-state index in [0.29, 0.717) is 6.04 Å². The summed E-state index contributed by atoms with van der Waals surface area (Å²) in [6.07, 6.45) is 8.10. The number of nitrogens with zero attached hydrogens (tertiary/aromatic N) is 4. The van der Waals surface area contributed by atoms with Crippen LogP contribution in [0.25, 0.3) is 0 Å². The molecule has 0 N–H and O–H groups in total. The quantitative estimate of drug-likeness (QED) is 0.679. The van der Waals surface area contributed by atoms with Crippen LogP contribution in [-0.4, -0.2) is 22.2 Å². The molecule has 0 aliphatic carbocycles. The number of anilines is 3. The largest absolute Gasteiger partial charge is 0.331 e. The molecule has 27 heavy (non-hydrogen) atoms. The highest BCUT2D eigenvalue weighted by atomic mass is 15.5. The zero-order valence-electron chi connectivity index (χ0n) is 17.1. The van der Waals surface area contributed by atoms with Crippen LogP contribution < -0.4 is 9.80 Å². The van der Waals surface area contributed by atoms with Crippen molar-refractivity contribution in [1.82, 2.24) is 9.97 Å². The molecule has 4 rings (SSSR count). The minimum absolute atomic E-state index is 0.0250. The summed E-state index contributed by atoms with van der Waals surface area (Å²) in [5, 5.41) is 0. The molecule has 2 aliphatic heterocycles. The highest BCUT2D eigenvalue weighted by molar-refractivity contribution is 5.85. The van der Waals surface area contributed by atoms with Crippen molar-refractivity contribution in [3.8, 4) is 0 Å². The Morgan fingerprint density at radius 1 is 1.19 bits per heavy atom. The maximum atomic E-state index is 4.71. The molecule has 0 spiro atoms. The van der Waals surface area contributed by atoms with E-state index >= 15 is 0 Å². The molecule has 3 unspecified atom stereocenters. The van der Waals surface area contributed by atoms with E-state index in [1.807, 2.05) is 6.20 Å². The lowest BCUT2D eigenvalue weighted by Crippen LogP contribution is -2.64. The first-order valence-electron chi connectivity index (χ1n) is 10.1. The van der Waals surface area contributed by atoms with Crippen LogP contribution >= 0.6 is 0 Å². The van der Waals surface area contributed by atoms with Gasteiger partial charge in [0.25, 0.3) is 0 Å². The number of fused-ring (bicyclic) bond motifs is 5. The third-order valence-electron chi connectivity index (χ3n) is 7.11. The molecule has 3 heterocycles. The second kappa shape index (κ2) is 6.08. The third-order valence-corrected chi connectivity index (χ3v) is 7.11. The van der Waals surface area contributed by atoms with Gasteiger partial charge in [0.1, 0.15) is 18.2 Å². The van der Waals surface area contributed by atoms with Gasteiger partial charge in [0, 0.05) is 22.6 Å². The first-order chi connectivity index (χ1) is 13.0. The molecular weight excluding hydrogens is 332 g/mol. The summed E-state index contributed by atoms with van der Waals surface area (Å²) in [7, 11) is 0. The normalized spacial score (nSPS) is 28.7. The van der Waals surface area contributed by atoms with Crippen molar-refractivity contribution in [2.24, 2.45) is 5.41 Å². The van der Waals surface area contributed by atoms with E-state index in [1.54, 1.807) is 6.33 Å². The summed E-state index contributed by atoms with van der Waals surface area (Å²) in [6.45, 7) is 15.9. The number of hydrogen-bond acceptors (Lipinski definition) is 4. The molecule has 4 heteroatoms. The van der Waals surface area contributed by atoms with Crippen molar-refractivity contribution in [1.29, 1.82) is 0 Å². The van der Waals surface area contributed by atoms with E-state index in [0.717, 1.165) is 24.3 Å². The van der Waals surface area contributed by atoms with Gasteiger partial charge in [-0.05, 0) is 38.3 Å². The van der Waals surface area contributed by atoms with Crippen LogP contribution in [-0.2, 0) is 5.41 Å². The highest BCUT2D eigenvalue weighted by Gasteiger charge is 2.61. The van der Waals surface area contributed by atoms with Crippen LogP contribution in [0.2, 0.25) is 0 Å². The van der Waals surface area contributed by atoms with Gasteiger partial charge in [0.05, 0.1) is 6.20 Å². The van der Waals surface area contributed by atoms with Gasteiger partial charge in [-0.25, -0.2) is 9.97 Å². The van der Waals surface area contributed by atoms with Crippen molar-refractivity contribution in [2.45, 2.75) is 65.1 Å². The first-order valence-corrected chi connectivity index (χ1v) is 10.1. The molecule has 0 saturated heterocycles. The van der Waals surface area contributed by atoms with E-state index in [2.05, 4.69) is 86.3 Å². The number of allylic oxidation sites excluding steroid dienone is 1. The maximum absolute atomic E-state index is 4.71. The smallest absolute Gasteiger partial charge is 0.157 e. The number of benzene rings is 1. The van der Waals surface area contributed by atoms with E-state index in [-0.39, 0.29) is 17.0 Å². The zero-order chi connectivity index (χ0) is 19.4. The molecule has 0 fully saturated rings. The second-order valence-corrected chi connectivity index (χ2v) is 8.29. The topological polar surface area (TPSA) is 32.3 Å². The van der Waals surface area contributed by atoms with E-state index in [9.17, 15) is 0 Å². The number of rotatable bonds is 4. The minimum atomic E-state index is -0.0951. The Morgan fingerprint density at radius 3 is 2.56 bits per heavy atom. The molecule has 0 saturated carbocycles. The number of para-hydroxylation sites is 1. The average molecular weight is 363 g/mol. The maximum Gasteiger partial charge on any atom is 0.157 e. The summed E-state index contributed by atoms with van der Waals surface area (Å²) in [5.74, 6) is 1.04. The molecule has 0 bridgehead atoms. The van der Waals surface area contributed by atoms with Gasteiger partial charge < -0.3 is 9.80 Å². The molecule has 4 nitrogen and oxygen atoms in total. The zero-order valence-corrected chi connectivity index (χ0v) is 17.1. The van der Waals surface area contributed by atoms with Crippen molar-refractivity contribution in [3.05, 3.63) is 55.0 Å². The van der Waals surface area contributed by atoms with Gasteiger partial charge in [0.2, 0.25) is 0 Å². The number of hydrogen-bond donors (Lipinski definition) is 0. The van der Waals surface area contributed by atoms with E-state index < -0.39 is 0 Å². The van der Waals surface area contributed by atoms with Gasteiger partial charge in [-0.1, -0.05) is 45.0 Å². The molecule has 1 aromatic heterocycles. The Kier molecular flexibility index (Phi) is 4.06. The molecule has 2 aromatic rings. The lowest BCUT2D eigenvalue weighted by molar-refractivity contribution is 0.112. The van der Waals surface area contributed by atoms with Crippen molar-refractivity contribution in [3.63, 3.8) is 0 Å². The Morgan fingerprint density at radius 2 is 1.93 bits per heavy atom. The summed E-state index contributed by atoms with van der Waals surface area (Å²) in [4.78, 5) is 14.0. The van der Waals surface area contributed by atoms with Gasteiger partial charge in [0.15, 0.2) is 5.82 Å². The molecule has 3 atom stereocenters. The lowest BCUT2D eigenvalue weighted by Gasteiger charge is -2.59. The first kappa shape index (κ1) is 18.0. The van der Waals surface area contributed by atoms with Crippen molar-refractivity contribution in [2.75, 3.05) is 9.80 Å². The highest BCUT2D eigenvalue weighted by Crippen LogP contribution is 2.63. The standard InChI is InChI=1S/C23H30N4/c1-7-22(6)21-26(16(4)5)20-19(14-24-15-25-20)27(21)18-13-11-10-12-17(18)23(22,8-2)9-3/h8,10-16,21H,2,7,9H2,1,3-6H3. The third kappa shape index (κ3) is 2.04. The van der Waals surface area contributed by atoms with E-state index in [4.69, 9.17) is 4.98 Å². The predicted molar refractivity (Wildman–Crippen MR) is 113 cm³/mol. The minimum Gasteiger partial charge on any atom is -0.331 e. The Bertz CT molecular complexity index is 876. The molecule has 2 aliphatic rings. The Labute approximate surface area is 162 Å². The van der Waals surface area contributed by atoms with Crippen molar-refractivity contribution < 1.29 is 0 Å².